The highest BCUT2D eigenvalue weighted by molar-refractivity contribution is 7.14. The number of amides is 1. The summed E-state index contributed by atoms with van der Waals surface area (Å²) in [6.45, 7) is 0.477. The van der Waals surface area contributed by atoms with Crippen LogP contribution in [0.4, 0.5) is 0 Å². The maximum absolute atomic E-state index is 12.4. The zero-order valence-corrected chi connectivity index (χ0v) is 11.7. The number of hydrogen-bond donors (Lipinski definition) is 2. The number of aryl methyl sites for hydroxylation is 2. The first-order valence-electron chi connectivity index (χ1n) is 6.92. The molecule has 0 bridgehead atoms. The molecule has 0 radical (unpaired) electrons. The molecule has 1 aromatic rings. The van der Waals surface area contributed by atoms with Gasteiger partial charge in [0.1, 0.15) is 0 Å². The van der Waals surface area contributed by atoms with Gasteiger partial charge < -0.3 is 15.1 Å². The van der Waals surface area contributed by atoms with Gasteiger partial charge in [-0.15, -0.1) is 11.3 Å². The van der Waals surface area contributed by atoms with Crippen LogP contribution in [0.15, 0.2) is 6.07 Å². The predicted octanol–water partition coefficient (Wildman–Crippen LogP) is 1.19. The summed E-state index contributed by atoms with van der Waals surface area (Å²) in [5.74, 6) is -0.0475. The van der Waals surface area contributed by atoms with Crippen LogP contribution in [0.3, 0.4) is 0 Å². The van der Waals surface area contributed by atoms with E-state index in [0.717, 1.165) is 17.7 Å². The Morgan fingerprint density at radius 1 is 1.16 bits per heavy atom. The largest absolute Gasteiger partial charge is 0.388 e. The van der Waals surface area contributed by atoms with Gasteiger partial charge in [0.25, 0.3) is 5.91 Å². The number of aliphatic hydroxyl groups excluding tert-OH is 2. The Morgan fingerprint density at radius 3 is 2.58 bits per heavy atom. The van der Waals surface area contributed by atoms with E-state index in [1.165, 1.54) is 29.7 Å². The molecule has 1 amide bonds. The molecule has 2 N–H and O–H groups in total. The Balaban J connectivity index is 1.77. The van der Waals surface area contributed by atoms with Gasteiger partial charge in [-0.2, -0.15) is 0 Å². The van der Waals surface area contributed by atoms with Gasteiger partial charge >= 0.3 is 0 Å². The van der Waals surface area contributed by atoms with E-state index in [0.29, 0.717) is 0 Å². The Bertz CT molecular complexity index is 452. The van der Waals surface area contributed by atoms with Gasteiger partial charge in [-0.1, -0.05) is 6.42 Å². The number of hydrogen-bond acceptors (Lipinski definition) is 4. The molecule has 2 aliphatic rings. The molecule has 5 heteroatoms. The minimum atomic E-state index is -0.804. The summed E-state index contributed by atoms with van der Waals surface area (Å²) in [6, 6.07) is 2.02. The summed E-state index contributed by atoms with van der Waals surface area (Å²) in [6.07, 6.45) is 4.24. The highest BCUT2D eigenvalue weighted by Crippen LogP contribution is 2.30. The zero-order chi connectivity index (χ0) is 13.4. The maximum atomic E-state index is 12.4. The van der Waals surface area contributed by atoms with E-state index < -0.39 is 12.2 Å². The molecule has 1 aromatic heterocycles. The van der Waals surface area contributed by atoms with Crippen LogP contribution in [0.25, 0.3) is 0 Å². The molecule has 1 aliphatic carbocycles. The summed E-state index contributed by atoms with van der Waals surface area (Å²) in [5.41, 5.74) is 1.33. The molecule has 1 fully saturated rings. The fraction of sp³-hybridized carbons (Fsp3) is 0.643. The summed E-state index contributed by atoms with van der Waals surface area (Å²) in [4.78, 5) is 16.0. The van der Waals surface area contributed by atoms with E-state index in [4.69, 9.17) is 0 Å². The third kappa shape index (κ3) is 2.55. The van der Waals surface area contributed by atoms with Gasteiger partial charge in [0.15, 0.2) is 0 Å². The Morgan fingerprint density at radius 2 is 1.84 bits per heavy atom. The minimum Gasteiger partial charge on any atom is -0.388 e. The number of rotatable bonds is 1. The highest BCUT2D eigenvalue weighted by atomic mass is 32.1. The van der Waals surface area contributed by atoms with Crippen molar-refractivity contribution in [3.8, 4) is 0 Å². The van der Waals surface area contributed by atoms with Crippen LogP contribution in [0, 0.1) is 0 Å². The lowest BCUT2D eigenvalue weighted by atomic mass is 10.1. The van der Waals surface area contributed by atoms with Crippen LogP contribution < -0.4 is 0 Å². The van der Waals surface area contributed by atoms with Crippen molar-refractivity contribution in [3.05, 3.63) is 21.4 Å². The number of carbonyl (C=O) groups excluding carboxylic acids is 1. The average Bonchev–Trinajstić information content (AvgIpc) is 2.87. The lowest BCUT2D eigenvalue weighted by Crippen LogP contribution is -2.29. The Labute approximate surface area is 116 Å². The van der Waals surface area contributed by atoms with E-state index in [9.17, 15) is 15.0 Å². The number of fused-ring (bicyclic) bond motifs is 1. The van der Waals surface area contributed by atoms with E-state index in [1.54, 1.807) is 16.2 Å². The molecular formula is C14H19NO3S. The van der Waals surface area contributed by atoms with Crippen molar-refractivity contribution in [3.63, 3.8) is 0 Å². The molecule has 19 heavy (non-hydrogen) atoms. The van der Waals surface area contributed by atoms with Gasteiger partial charge in [0, 0.05) is 18.0 Å². The number of aliphatic hydroxyl groups is 2. The summed E-state index contributed by atoms with van der Waals surface area (Å²) >= 11 is 1.59. The van der Waals surface area contributed by atoms with Crippen molar-refractivity contribution in [2.45, 2.75) is 44.3 Å². The normalized spacial score (nSPS) is 27.2. The SMILES string of the molecule is O=C(c1cc2c(s1)CCCCC2)N1C[C@@H](O)[C@@H](O)C1. The Kier molecular flexibility index (Phi) is 3.60. The van der Waals surface area contributed by atoms with Crippen molar-refractivity contribution in [2.75, 3.05) is 13.1 Å². The lowest BCUT2D eigenvalue weighted by molar-refractivity contribution is 0.0572. The van der Waals surface area contributed by atoms with Crippen LogP contribution in [0.1, 0.15) is 39.4 Å². The van der Waals surface area contributed by atoms with Crippen LogP contribution >= 0.6 is 11.3 Å². The van der Waals surface area contributed by atoms with Crippen molar-refractivity contribution in [1.82, 2.24) is 4.90 Å². The third-order valence-corrected chi connectivity index (χ3v) is 5.23. The minimum absolute atomic E-state index is 0.0475. The van der Waals surface area contributed by atoms with Crippen molar-refractivity contribution < 1.29 is 15.0 Å². The van der Waals surface area contributed by atoms with Crippen LogP contribution in [0.5, 0.6) is 0 Å². The molecule has 4 nitrogen and oxygen atoms in total. The standard InChI is InChI=1S/C14H19NO3S/c16-10-7-15(8-11(10)17)14(18)13-6-9-4-2-1-3-5-12(9)19-13/h6,10-11,16-17H,1-5,7-8H2/t10-,11+. The number of thiophene rings is 1. The smallest absolute Gasteiger partial charge is 0.264 e. The van der Waals surface area contributed by atoms with E-state index in [-0.39, 0.29) is 19.0 Å². The zero-order valence-electron chi connectivity index (χ0n) is 10.8. The summed E-state index contributed by atoms with van der Waals surface area (Å²) < 4.78 is 0. The second-order valence-electron chi connectivity index (χ2n) is 5.46. The lowest BCUT2D eigenvalue weighted by Gasteiger charge is -2.13. The van der Waals surface area contributed by atoms with Crippen molar-refractivity contribution in [1.29, 1.82) is 0 Å². The van der Waals surface area contributed by atoms with Gasteiger partial charge in [-0.3, -0.25) is 4.79 Å². The molecule has 1 aliphatic heterocycles. The second kappa shape index (κ2) is 5.23. The fourth-order valence-corrected chi connectivity index (χ4v) is 4.09. The number of carbonyl (C=O) groups is 1. The third-order valence-electron chi connectivity index (χ3n) is 4.00. The second-order valence-corrected chi connectivity index (χ2v) is 6.60. The molecule has 2 atom stereocenters. The van der Waals surface area contributed by atoms with E-state index >= 15 is 0 Å². The predicted molar refractivity (Wildman–Crippen MR) is 73.5 cm³/mol. The highest BCUT2D eigenvalue weighted by Gasteiger charge is 2.33. The van der Waals surface area contributed by atoms with Gasteiger partial charge in [-0.05, 0) is 37.3 Å². The number of likely N-dealkylation sites (tertiary alicyclic amines) is 1. The number of nitrogens with zero attached hydrogens (tertiary/aromatic N) is 1. The molecule has 0 unspecified atom stereocenters. The molecule has 0 spiro atoms. The van der Waals surface area contributed by atoms with E-state index in [2.05, 4.69) is 0 Å². The van der Waals surface area contributed by atoms with Crippen molar-refractivity contribution in [2.24, 2.45) is 0 Å². The fourth-order valence-electron chi connectivity index (χ4n) is 2.86. The molecule has 104 valence electrons. The first-order valence-corrected chi connectivity index (χ1v) is 7.74. The topological polar surface area (TPSA) is 60.8 Å². The monoisotopic (exact) mass is 281 g/mol. The Hall–Kier alpha value is -0.910. The van der Waals surface area contributed by atoms with Gasteiger partial charge in [-0.25, -0.2) is 0 Å². The van der Waals surface area contributed by atoms with Gasteiger partial charge in [0.05, 0.1) is 17.1 Å². The molecule has 0 aromatic carbocycles. The number of β-amino-alcohol motifs (C(OH)–C–C–N with tert-alkyl or cyclic N) is 2. The molecule has 2 heterocycles. The van der Waals surface area contributed by atoms with Crippen molar-refractivity contribution >= 4 is 17.2 Å². The first-order chi connectivity index (χ1) is 9.15. The van der Waals surface area contributed by atoms with Crippen LogP contribution in [-0.2, 0) is 12.8 Å². The molecule has 3 rings (SSSR count). The average molecular weight is 281 g/mol. The molecular weight excluding hydrogens is 262 g/mol. The summed E-state index contributed by atoms with van der Waals surface area (Å²) in [5, 5.41) is 19.0. The van der Waals surface area contributed by atoms with E-state index in [1.807, 2.05) is 6.07 Å². The maximum Gasteiger partial charge on any atom is 0.264 e. The van der Waals surface area contributed by atoms with Crippen LogP contribution in [-0.4, -0.2) is 46.3 Å². The van der Waals surface area contributed by atoms with Gasteiger partial charge in [0.2, 0.25) is 0 Å². The first kappa shape index (κ1) is 13.1. The van der Waals surface area contributed by atoms with Crippen LogP contribution in [0.2, 0.25) is 0 Å². The quantitative estimate of drug-likeness (QED) is 0.760. The molecule has 1 saturated heterocycles. The molecule has 0 saturated carbocycles. The summed E-state index contributed by atoms with van der Waals surface area (Å²) in [7, 11) is 0.